The van der Waals surface area contributed by atoms with E-state index >= 15 is 0 Å². The van der Waals surface area contributed by atoms with Crippen LogP contribution in [-0.4, -0.2) is 29.2 Å². The molecule has 1 saturated heterocycles. The third-order valence-electron chi connectivity index (χ3n) is 4.84. The number of nitrogens with one attached hydrogen (secondary N) is 1. The largest absolute Gasteiger partial charge is 0.349 e. The number of hydrogen-bond donors (Lipinski definition) is 1. The van der Waals surface area contributed by atoms with Crippen molar-refractivity contribution in [3.8, 4) is 0 Å². The predicted molar refractivity (Wildman–Crippen MR) is 87.7 cm³/mol. The first-order chi connectivity index (χ1) is 11.1. The summed E-state index contributed by atoms with van der Waals surface area (Å²) in [7, 11) is 0. The molecule has 1 saturated carbocycles. The average Bonchev–Trinajstić information content (AvgIpc) is 3.15. The Morgan fingerprint density at radius 2 is 1.96 bits per heavy atom. The third kappa shape index (κ3) is 3.32. The van der Waals surface area contributed by atoms with E-state index in [1.807, 2.05) is 24.4 Å². The molecular formula is C17H22N2O3S. The Hall–Kier alpha value is -1.69. The minimum absolute atomic E-state index is 0.0462. The van der Waals surface area contributed by atoms with Crippen molar-refractivity contribution in [2.45, 2.75) is 45.1 Å². The lowest BCUT2D eigenvalue weighted by molar-refractivity contribution is -0.140. The Morgan fingerprint density at radius 3 is 2.52 bits per heavy atom. The number of rotatable bonds is 5. The highest BCUT2D eigenvalue weighted by atomic mass is 32.1. The molecular weight excluding hydrogens is 312 g/mol. The van der Waals surface area contributed by atoms with Crippen LogP contribution in [0, 0.1) is 11.8 Å². The number of carbonyl (C=O) groups excluding carboxylic acids is 3. The monoisotopic (exact) mass is 334 g/mol. The van der Waals surface area contributed by atoms with Crippen LogP contribution in [0.1, 0.15) is 49.9 Å². The zero-order chi connectivity index (χ0) is 16.4. The molecule has 1 aromatic rings. The standard InChI is InChI=1S/C17H22N2O3S/c1-11(14-7-4-10-23-14)18-15(20)8-9-19-16(21)12-5-2-3-6-13(12)17(19)22/h4,7,10-13H,2-3,5-6,8-9H2,1H3,(H,18,20)/t11-,12-,13+/m1/s1. The summed E-state index contributed by atoms with van der Waals surface area (Å²) in [5.41, 5.74) is 0. The highest BCUT2D eigenvalue weighted by Crippen LogP contribution is 2.37. The number of nitrogens with zero attached hydrogens (tertiary/aromatic N) is 1. The fraction of sp³-hybridized carbons (Fsp3) is 0.588. The predicted octanol–water partition coefficient (Wildman–Crippen LogP) is 2.49. The van der Waals surface area contributed by atoms with Gasteiger partial charge in [-0.2, -0.15) is 0 Å². The van der Waals surface area contributed by atoms with E-state index in [4.69, 9.17) is 0 Å². The van der Waals surface area contributed by atoms with Crippen LogP contribution < -0.4 is 5.32 Å². The van der Waals surface area contributed by atoms with Crippen LogP contribution >= 0.6 is 11.3 Å². The lowest BCUT2D eigenvalue weighted by atomic mass is 9.81. The molecule has 1 aliphatic heterocycles. The third-order valence-corrected chi connectivity index (χ3v) is 5.90. The summed E-state index contributed by atoms with van der Waals surface area (Å²) in [6.45, 7) is 2.14. The van der Waals surface area contributed by atoms with Crippen molar-refractivity contribution in [3.05, 3.63) is 22.4 Å². The molecule has 0 bridgehead atoms. The molecule has 6 heteroatoms. The summed E-state index contributed by atoms with van der Waals surface area (Å²) in [6.07, 6.45) is 3.84. The van der Waals surface area contributed by atoms with Gasteiger partial charge in [0.05, 0.1) is 17.9 Å². The van der Waals surface area contributed by atoms with E-state index < -0.39 is 0 Å². The molecule has 124 valence electrons. The van der Waals surface area contributed by atoms with Crippen molar-refractivity contribution in [1.29, 1.82) is 0 Å². The van der Waals surface area contributed by atoms with Crippen LogP contribution in [0.4, 0.5) is 0 Å². The van der Waals surface area contributed by atoms with Crippen molar-refractivity contribution in [3.63, 3.8) is 0 Å². The first kappa shape index (κ1) is 16.2. The molecule has 2 heterocycles. The van der Waals surface area contributed by atoms with Crippen LogP contribution in [0.2, 0.25) is 0 Å². The van der Waals surface area contributed by atoms with Crippen molar-refractivity contribution in [2.75, 3.05) is 6.54 Å². The summed E-state index contributed by atoms with van der Waals surface area (Å²) >= 11 is 1.60. The molecule has 5 nitrogen and oxygen atoms in total. The highest BCUT2D eigenvalue weighted by Gasteiger charge is 2.47. The van der Waals surface area contributed by atoms with Crippen LogP contribution in [-0.2, 0) is 14.4 Å². The van der Waals surface area contributed by atoms with Crippen molar-refractivity contribution >= 4 is 29.1 Å². The van der Waals surface area contributed by atoms with Gasteiger partial charge in [0.1, 0.15) is 0 Å². The van der Waals surface area contributed by atoms with Gasteiger partial charge in [0.25, 0.3) is 0 Å². The van der Waals surface area contributed by atoms with Crippen LogP contribution in [0.5, 0.6) is 0 Å². The molecule has 3 rings (SSSR count). The number of thiophene rings is 1. The molecule has 0 unspecified atom stereocenters. The Balaban J connectivity index is 1.52. The molecule has 3 amide bonds. The second kappa shape index (κ2) is 6.83. The topological polar surface area (TPSA) is 66.5 Å². The molecule has 0 radical (unpaired) electrons. The molecule has 0 aromatic carbocycles. The lowest BCUT2D eigenvalue weighted by Gasteiger charge is -2.19. The minimum Gasteiger partial charge on any atom is -0.349 e. The van der Waals surface area contributed by atoms with Gasteiger partial charge in [0.2, 0.25) is 17.7 Å². The first-order valence-corrected chi connectivity index (χ1v) is 9.14. The van der Waals surface area contributed by atoms with Gasteiger partial charge < -0.3 is 5.32 Å². The quantitative estimate of drug-likeness (QED) is 0.841. The summed E-state index contributed by atoms with van der Waals surface area (Å²) in [5.74, 6) is -0.535. The zero-order valence-corrected chi connectivity index (χ0v) is 14.1. The maximum absolute atomic E-state index is 12.3. The van der Waals surface area contributed by atoms with E-state index in [-0.39, 0.29) is 48.6 Å². The normalized spacial score (nSPS) is 25.3. The van der Waals surface area contributed by atoms with Gasteiger partial charge in [-0.3, -0.25) is 19.3 Å². The maximum Gasteiger partial charge on any atom is 0.233 e. The van der Waals surface area contributed by atoms with Gasteiger partial charge in [-0.15, -0.1) is 11.3 Å². The smallest absolute Gasteiger partial charge is 0.233 e. The second-order valence-electron chi connectivity index (χ2n) is 6.38. The second-order valence-corrected chi connectivity index (χ2v) is 7.36. The summed E-state index contributed by atoms with van der Waals surface area (Å²) in [5, 5.41) is 4.89. The van der Waals surface area contributed by atoms with Gasteiger partial charge in [-0.1, -0.05) is 18.9 Å². The Kier molecular flexibility index (Phi) is 4.80. The summed E-state index contributed by atoms with van der Waals surface area (Å²) < 4.78 is 0. The van der Waals surface area contributed by atoms with Crippen molar-refractivity contribution in [2.24, 2.45) is 11.8 Å². The van der Waals surface area contributed by atoms with E-state index in [9.17, 15) is 14.4 Å². The molecule has 1 aliphatic carbocycles. The number of likely N-dealkylation sites (tertiary alicyclic amines) is 1. The lowest BCUT2D eigenvalue weighted by Crippen LogP contribution is -2.36. The SMILES string of the molecule is C[C@@H](NC(=O)CCN1C(=O)[C@H]2CCCC[C@H]2C1=O)c1cccs1. The van der Waals surface area contributed by atoms with Crippen LogP contribution in [0.3, 0.4) is 0 Å². The fourth-order valence-electron chi connectivity index (χ4n) is 3.59. The Bertz CT molecular complexity index is 575. The summed E-state index contributed by atoms with van der Waals surface area (Å²) in [6, 6.07) is 3.88. The number of amides is 3. The van der Waals surface area contributed by atoms with Crippen LogP contribution in [0.25, 0.3) is 0 Å². The van der Waals surface area contributed by atoms with Gasteiger partial charge in [-0.05, 0) is 31.2 Å². The highest BCUT2D eigenvalue weighted by molar-refractivity contribution is 7.10. The molecule has 0 spiro atoms. The molecule has 1 N–H and O–H groups in total. The van der Waals surface area contributed by atoms with E-state index in [2.05, 4.69) is 5.32 Å². The van der Waals surface area contributed by atoms with Gasteiger partial charge >= 0.3 is 0 Å². The number of imide groups is 1. The average molecular weight is 334 g/mol. The fourth-order valence-corrected chi connectivity index (χ4v) is 4.32. The van der Waals surface area contributed by atoms with E-state index in [1.54, 1.807) is 11.3 Å². The maximum atomic E-state index is 12.3. The van der Waals surface area contributed by atoms with Gasteiger partial charge in [0.15, 0.2) is 0 Å². The molecule has 23 heavy (non-hydrogen) atoms. The zero-order valence-electron chi connectivity index (χ0n) is 13.3. The minimum atomic E-state index is -0.135. The van der Waals surface area contributed by atoms with Gasteiger partial charge in [-0.25, -0.2) is 0 Å². The number of fused-ring (bicyclic) bond motifs is 1. The van der Waals surface area contributed by atoms with Crippen LogP contribution in [0.15, 0.2) is 17.5 Å². The van der Waals surface area contributed by atoms with E-state index in [1.165, 1.54) is 4.90 Å². The number of carbonyl (C=O) groups is 3. The number of hydrogen-bond acceptors (Lipinski definition) is 4. The molecule has 1 aromatic heterocycles. The van der Waals surface area contributed by atoms with E-state index in [0.29, 0.717) is 0 Å². The van der Waals surface area contributed by atoms with E-state index in [0.717, 1.165) is 30.6 Å². The Labute approximate surface area is 140 Å². The van der Waals surface area contributed by atoms with Gasteiger partial charge in [0, 0.05) is 17.8 Å². The first-order valence-electron chi connectivity index (χ1n) is 8.26. The van der Waals surface area contributed by atoms with Crippen molar-refractivity contribution in [1.82, 2.24) is 10.2 Å². The summed E-state index contributed by atoms with van der Waals surface area (Å²) in [4.78, 5) is 39.2. The van der Waals surface area contributed by atoms with Crippen molar-refractivity contribution < 1.29 is 14.4 Å². The molecule has 3 atom stereocenters. The molecule has 2 aliphatic rings. The molecule has 2 fully saturated rings. The Morgan fingerprint density at radius 1 is 1.30 bits per heavy atom.